The van der Waals surface area contributed by atoms with Gasteiger partial charge in [-0.15, -0.1) is 48.3 Å². The summed E-state index contributed by atoms with van der Waals surface area (Å²) in [7, 11) is 0. The van der Waals surface area contributed by atoms with Crippen LogP contribution in [0.4, 0.5) is 40.1 Å². The number of aromatic nitrogens is 2. The van der Waals surface area contributed by atoms with Gasteiger partial charge >= 0.3 is 0 Å². The Bertz CT molecular complexity index is 2720. The predicted molar refractivity (Wildman–Crippen MR) is 243 cm³/mol. The second kappa shape index (κ2) is 15.4. The fourth-order valence-electron chi connectivity index (χ4n) is 7.97. The van der Waals surface area contributed by atoms with E-state index in [0.717, 1.165) is 62.3 Å². The van der Waals surface area contributed by atoms with E-state index in [1.54, 1.807) is 0 Å². The normalized spacial score (nSPS) is 13.4. The maximum atomic E-state index is 6.71. The first-order chi connectivity index (χ1) is 28.1. The smallest absolute Gasteiger partial charge is 0.135 e. The van der Waals surface area contributed by atoms with Gasteiger partial charge in [0.05, 0.1) is 5.69 Å². The molecule has 0 unspecified atom stereocenters. The van der Waals surface area contributed by atoms with Crippen molar-refractivity contribution in [2.24, 2.45) is 0 Å². The Morgan fingerprint density at radius 3 is 1.83 bits per heavy atom. The molecule has 0 fully saturated rings. The molecule has 306 valence electrons. The zero-order valence-corrected chi connectivity index (χ0v) is 38.0. The minimum absolute atomic E-state index is 0. The molecule has 0 saturated heterocycles. The van der Waals surface area contributed by atoms with E-state index in [2.05, 4.69) is 199 Å². The third-order valence-corrected chi connectivity index (χ3v) is 11.2. The molecule has 9 rings (SSSR count). The van der Waals surface area contributed by atoms with Crippen LogP contribution in [0.5, 0.6) is 11.5 Å². The molecule has 4 heterocycles. The molecule has 60 heavy (non-hydrogen) atoms. The van der Waals surface area contributed by atoms with Crippen molar-refractivity contribution in [3.05, 3.63) is 169 Å². The monoisotopic (exact) mass is 967 g/mol. The zero-order chi connectivity index (χ0) is 41.3. The molecule has 0 radical (unpaired) electrons. The summed E-state index contributed by atoms with van der Waals surface area (Å²) in [4.78, 5) is 16.7. The average Bonchev–Trinajstić information content (AvgIpc) is 3.55. The summed E-state index contributed by atoms with van der Waals surface area (Å²) in [6, 6.07) is 49.7. The molecule has 5 aromatic carbocycles. The van der Waals surface area contributed by atoms with Crippen molar-refractivity contribution in [3.63, 3.8) is 0 Å². The van der Waals surface area contributed by atoms with Crippen LogP contribution in [-0.2, 0) is 37.3 Å². The molecule has 0 atom stereocenters. The van der Waals surface area contributed by atoms with Crippen molar-refractivity contribution in [2.45, 2.75) is 78.6 Å². The van der Waals surface area contributed by atoms with E-state index in [0.29, 0.717) is 11.5 Å². The average molecular weight is 968 g/mol. The number of hydrogen-bond donors (Lipinski definition) is 0. The summed E-state index contributed by atoms with van der Waals surface area (Å²) in [6.07, 6.45) is 3.93. The molecule has 0 spiro atoms. The summed E-state index contributed by atoms with van der Waals surface area (Å²) in [5, 5.41) is 0. The van der Waals surface area contributed by atoms with Crippen molar-refractivity contribution < 1.29 is 25.8 Å². The molecule has 0 aliphatic carbocycles. The van der Waals surface area contributed by atoms with Crippen LogP contribution in [0.25, 0.3) is 22.3 Å². The molecule has 0 amide bonds. The van der Waals surface area contributed by atoms with E-state index in [1.807, 2.05) is 30.6 Å². The number of para-hydroxylation sites is 3. The molecule has 2 aromatic heterocycles. The van der Waals surface area contributed by atoms with Gasteiger partial charge in [-0.1, -0.05) is 128 Å². The largest absolute Gasteiger partial charge is 0.509 e. The Kier molecular flexibility index (Phi) is 10.5. The van der Waals surface area contributed by atoms with Crippen LogP contribution in [0.3, 0.4) is 0 Å². The molecule has 7 aromatic rings. The third kappa shape index (κ3) is 7.51. The molecule has 0 bridgehead atoms. The number of ether oxygens (including phenoxy) is 1. The minimum atomic E-state index is -0.130. The van der Waals surface area contributed by atoms with E-state index in [1.165, 1.54) is 16.7 Å². The van der Waals surface area contributed by atoms with Gasteiger partial charge in [0.15, 0.2) is 0 Å². The number of rotatable bonds is 5. The van der Waals surface area contributed by atoms with Crippen molar-refractivity contribution in [1.29, 1.82) is 0 Å². The fourth-order valence-corrected chi connectivity index (χ4v) is 7.97. The van der Waals surface area contributed by atoms with E-state index in [-0.39, 0.29) is 37.3 Å². The molecule has 0 N–H and O–H groups in total. The fraction of sp³-hybridized carbons (Fsp3) is 0.226. The second-order valence-electron chi connectivity index (χ2n) is 18.6. The summed E-state index contributed by atoms with van der Waals surface area (Å²) in [5.74, 6) is 2.91. The molecular formula is C53H50N5OPt-3. The first kappa shape index (κ1) is 41.0. The number of pyridine rings is 2. The van der Waals surface area contributed by atoms with Gasteiger partial charge in [0.25, 0.3) is 0 Å². The van der Waals surface area contributed by atoms with Gasteiger partial charge in [-0.25, -0.2) is 9.97 Å². The van der Waals surface area contributed by atoms with Crippen LogP contribution in [0, 0.1) is 18.8 Å². The van der Waals surface area contributed by atoms with Gasteiger partial charge in [0, 0.05) is 61.9 Å². The van der Waals surface area contributed by atoms with Crippen LogP contribution in [-0.4, -0.2) is 9.97 Å². The molecule has 2 aliphatic heterocycles. The van der Waals surface area contributed by atoms with E-state index in [4.69, 9.17) is 14.7 Å². The quantitative estimate of drug-likeness (QED) is 0.160. The minimum Gasteiger partial charge on any atom is -0.509 e. The van der Waals surface area contributed by atoms with Crippen LogP contribution < -0.4 is 19.4 Å². The first-order valence-electron chi connectivity index (χ1n) is 20.4. The molecule has 0 saturated carbocycles. The van der Waals surface area contributed by atoms with Crippen LogP contribution in [0.2, 0.25) is 0 Å². The molecule has 6 nitrogen and oxygen atoms in total. The van der Waals surface area contributed by atoms with Gasteiger partial charge in [0.1, 0.15) is 11.6 Å². The van der Waals surface area contributed by atoms with Crippen LogP contribution in [0.15, 0.2) is 134 Å². The topological polar surface area (TPSA) is 44.7 Å². The van der Waals surface area contributed by atoms with Crippen molar-refractivity contribution in [1.82, 2.24) is 9.97 Å². The summed E-state index contributed by atoms with van der Waals surface area (Å²) in [6.45, 7) is 22.3. The van der Waals surface area contributed by atoms with Crippen molar-refractivity contribution in [3.8, 4) is 33.8 Å². The maximum Gasteiger partial charge on any atom is 0.135 e. The van der Waals surface area contributed by atoms with E-state index in [9.17, 15) is 0 Å². The summed E-state index contributed by atoms with van der Waals surface area (Å²) < 4.78 is 6.71. The Hall–Kier alpha value is -5.71. The second-order valence-corrected chi connectivity index (χ2v) is 18.6. The Morgan fingerprint density at radius 1 is 0.533 bits per heavy atom. The molecule has 2 aliphatic rings. The van der Waals surface area contributed by atoms with Gasteiger partial charge in [0.2, 0.25) is 0 Å². The Morgan fingerprint density at radius 2 is 1.15 bits per heavy atom. The van der Waals surface area contributed by atoms with Crippen LogP contribution in [0.1, 0.15) is 79.0 Å². The summed E-state index contributed by atoms with van der Waals surface area (Å²) in [5.41, 5.74) is 12.7. The van der Waals surface area contributed by atoms with Crippen LogP contribution >= 0.6 is 0 Å². The zero-order valence-electron chi connectivity index (χ0n) is 35.7. The molecule has 7 heteroatoms. The third-order valence-electron chi connectivity index (χ3n) is 11.2. The van der Waals surface area contributed by atoms with Gasteiger partial charge in [-0.3, -0.25) is 0 Å². The number of hydrogen-bond acceptors (Lipinski definition) is 6. The molecular weight excluding hydrogens is 918 g/mol. The van der Waals surface area contributed by atoms with E-state index < -0.39 is 0 Å². The van der Waals surface area contributed by atoms with Crippen molar-refractivity contribution >= 4 is 40.1 Å². The predicted octanol–water partition coefficient (Wildman–Crippen LogP) is 14.3. The summed E-state index contributed by atoms with van der Waals surface area (Å²) >= 11 is 0. The standard InChI is InChI=1S/C53H50N5O.Pt/c1-51(2,3)35-27-28-54-49(30-35)58-45-22-13-12-21-42(45)40-19-10-11-20-41(40)43-26-25-39(32-48(43)58)59-38-18-16-17-37(31-38)56-34-57(47-24-15-14-23-46(47)56)50-44(53(7,8)9)29-36(33-55-50)52(4,5)6;/h10-30,33-34H,1-9H3;/q-3;. The van der Waals surface area contributed by atoms with Crippen molar-refractivity contribution in [2.75, 3.05) is 14.7 Å². The first-order valence-corrected chi connectivity index (χ1v) is 20.4. The number of fused-ring (bicyclic) bond motifs is 6. The SMILES string of the molecule is CC(C)(C)c1ccnc(N2c3[c-]c(Oc4[c-]c(N5[CH-]N(c6ncc(C(C)(C)C)cc6C(C)(C)C)c6ccccc65)ccc4)ccc3-c3ccccc3-c3ccccc32)c1.[Pt]. The van der Waals surface area contributed by atoms with Gasteiger partial charge in [-0.2, -0.15) is 12.1 Å². The number of nitrogens with zero attached hydrogens (tertiary/aromatic N) is 5. The maximum absolute atomic E-state index is 6.71. The Labute approximate surface area is 370 Å². The van der Waals surface area contributed by atoms with Gasteiger partial charge in [-0.05, 0) is 74.9 Å². The number of anilines is 7. The Balaban J connectivity index is 0.00000499. The van der Waals surface area contributed by atoms with E-state index >= 15 is 0 Å². The van der Waals surface area contributed by atoms with Gasteiger partial charge < -0.3 is 19.4 Å². The number of benzene rings is 5.